The van der Waals surface area contributed by atoms with E-state index in [1.165, 1.54) is 0 Å². The normalized spacial score (nSPS) is 20.3. The van der Waals surface area contributed by atoms with Gasteiger partial charge in [-0.1, -0.05) is 0 Å². The molecule has 3 heterocycles. The molecule has 0 saturated carbocycles. The maximum atomic E-state index is 6.44. The lowest BCUT2D eigenvalue weighted by Gasteiger charge is -2.29. The summed E-state index contributed by atoms with van der Waals surface area (Å²) in [5.74, 6) is 0.629. The zero-order chi connectivity index (χ0) is 21.8. The topological polar surface area (TPSA) is 72.6 Å². The van der Waals surface area contributed by atoms with Gasteiger partial charge in [-0.2, -0.15) is 0 Å². The number of benzene rings is 2. The van der Waals surface area contributed by atoms with Crippen molar-refractivity contribution >= 4 is 0 Å². The van der Waals surface area contributed by atoms with Crippen LogP contribution in [0.4, 0.5) is 0 Å². The van der Waals surface area contributed by atoms with Gasteiger partial charge in [0.25, 0.3) is 0 Å². The maximum Gasteiger partial charge on any atom is 0.214 e. The van der Waals surface area contributed by atoms with E-state index in [2.05, 4.69) is 9.97 Å². The van der Waals surface area contributed by atoms with Gasteiger partial charge in [0.1, 0.15) is 24.2 Å². The first kappa shape index (κ1) is 20.3. The van der Waals surface area contributed by atoms with Gasteiger partial charge >= 0.3 is 0 Å². The van der Waals surface area contributed by atoms with Crippen molar-refractivity contribution in [2.75, 3.05) is 20.3 Å². The Labute approximate surface area is 186 Å². The van der Waals surface area contributed by atoms with Crippen molar-refractivity contribution < 1.29 is 18.9 Å². The average Bonchev–Trinajstić information content (AvgIpc) is 3.62. The van der Waals surface area contributed by atoms with Crippen molar-refractivity contribution in [2.45, 2.75) is 18.4 Å². The number of hydrogen-bond acceptors (Lipinski definition) is 6. The van der Waals surface area contributed by atoms with Crippen LogP contribution in [0.15, 0.2) is 86.0 Å². The molecule has 1 saturated heterocycles. The van der Waals surface area contributed by atoms with E-state index in [9.17, 15) is 0 Å². The molecule has 1 fully saturated rings. The Kier molecular flexibility index (Phi) is 5.62. The van der Waals surface area contributed by atoms with Crippen LogP contribution in [0, 0.1) is 0 Å². The van der Waals surface area contributed by atoms with Crippen LogP contribution in [0.3, 0.4) is 0 Å². The highest BCUT2D eigenvalue weighted by molar-refractivity contribution is 5.37. The van der Waals surface area contributed by atoms with Gasteiger partial charge in [-0.25, -0.2) is 9.97 Å². The van der Waals surface area contributed by atoms with Gasteiger partial charge in [0, 0.05) is 36.0 Å². The molecule has 0 amide bonds. The molecular weight excluding hydrogens is 408 g/mol. The van der Waals surface area contributed by atoms with Gasteiger partial charge in [0.2, 0.25) is 5.79 Å². The number of aromatic nitrogens is 4. The van der Waals surface area contributed by atoms with Crippen molar-refractivity contribution in [2.24, 2.45) is 0 Å². The molecule has 8 heteroatoms. The Morgan fingerprint density at radius 2 is 1.72 bits per heavy atom. The van der Waals surface area contributed by atoms with Gasteiger partial charge in [-0.15, -0.1) is 0 Å². The van der Waals surface area contributed by atoms with Crippen LogP contribution in [0.1, 0.15) is 5.56 Å². The minimum atomic E-state index is -0.924. The van der Waals surface area contributed by atoms with Crippen molar-refractivity contribution in [3.8, 4) is 17.2 Å². The van der Waals surface area contributed by atoms with Crippen LogP contribution in [-0.2, 0) is 21.8 Å². The highest BCUT2D eigenvalue weighted by atomic mass is 16.8. The molecule has 1 aliphatic rings. The Balaban J connectivity index is 1.27. The maximum absolute atomic E-state index is 6.44. The van der Waals surface area contributed by atoms with Gasteiger partial charge in [0.05, 0.1) is 32.9 Å². The number of imidazole rings is 2. The zero-order valence-electron chi connectivity index (χ0n) is 17.7. The molecule has 0 aliphatic carbocycles. The van der Waals surface area contributed by atoms with E-state index in [1.54, 1.807) is 32.2 Å². The third-order valence-electron chi connectivity index (χ3n) is 5.41. The molecule has 5 rings (SSSR count). The Morgan fingerprint density at radius 1 is 0.969 bits per heavy atom. The number of ether oxygens (including phenoxy) is 4. The highest BCUT2D eigenvalue weighted by Gasteiger charge is 2.44. The second kappa shape index (κ2) is 8.86. The largest absolute Gasteiger partial charge is 0.497 e. The molecular formula is C24H24N4O4. The lowest BCUT2D eigenvalue weighted by Crippen LogP contribution is -2.34. The SMILES string of the molecule is COc1ccc(C2(Cn3ccnc3)OCC(COc3ccc(-n4ccnc4)cc3)O2)cc1. The van der Waals surface area contributed by atoms with Crippen molar-refractivity contribution in [1.29, 1.82) is 0 Å². The summed E-state index contributed by atoms with van der Waals surface area (Å²) < 4.78 is 27.8. The van der Waals surface area contributed by atoms with Crippen LogP contribution in [-0.4, -0.2) is 45.5 Å². The van der Waals surface area contributed by atoms with Gasteiger partial charge in [-0.3, -0.25) is 0 Å². The van der Waals surface area contributed by atoms with Crippen LogP contribution in [0.5, 0.6) is 11.5 Å². The quantitative estimate of drug-likeness (QED) is 0.425. The lowest BCUT2D eigenvalue weighted by molar-refractivity contribution is -0.189. The predicted molar refractivity (Wildman–Crippen MR) is 117 cm³/mol. The van der Waals surface area contributed by atoms with E-state index >= 15 is 0 Å². The van der Waals surface area contributed by atoms with Crippen LogP contribution < -0.4 is 9.47 Å². The number of rotatable bonds is 8. The van der Waals surface area contributed by atoms with Gasteiger partial charge in [-0.05, 0) is 48.5 Å². The molecule has 1 aliphatic heterocycles. The molecule has 8 nitrogen and oxygen atoms in total. The average molecular weight is 432 g/mol. The standard InChI is InChI=1S/C24H24N4O4/c1-29-21-6-2-19(3-7-21)24(16-27-12-10-25-17-27)31-15-23(32-24)14-30-22-8-4-20(5-9-22)28-13-11-26-18-28/h2-13,17-18,23H,14-16H2,1H3. The Morgan fingerprint density at radius 3 is 2.41 bits per heavy atom. The van der Waals surface area contributed by atoms with E-state index < -0.39 is 5.79 Å². The number of nitrogens with zero attached hydrogens (tertiary/aromatic N) is 4. The summed E-state index contributed by atoms with van der Waals surface area (Å²) in [6, 6.07) is 15.6. The summed E-state index contributed by atoms with van der Waals surface area (Å²) in [7, 11) is 1.65. The zero-order valence-corrected chi connectivity index (χ0v) is 17.7. The smallest absolute Gasteiger partial charge is 0.214 e. The fraction of sp³-hybridized carbons (Fsp3) is 0.250. The third kappa shape index (κ3) is 4.23. The summed E-state index contributed by atoms with van der Waals surface area (Å²) in [6.07, 6.45) is 10.6. The fourth-order valence-electron chi connectivity index (χ4n) is 3.75. The van der Waals surface area contributed by atoms with E-state index in [4.69, 9.17) is 18.9 Å². The van der Waals surface area contributed by atoms with Crippen molar-refractivity contribution in [3.05, 3.63) is 91.5 Å². The molecule has 4 aromatic rings. The van der Waals surface area contributed by atoms with E-state index in [0.717, 1.165) is 22.7 Å². The molecule has 0 radical (unpaired) electrons. The first-order valence-electron chi connectivity index (χ1n) is 10.4. The first-order chi connectivity index (χ1) is 15.7. The molecule has 164 valence electrons. The molecule has 2 atom stereocenters. The third-order valence-corrected chi connectivity index (χ3v) is 5.41. The molecule has 0 spiro atoms. The molecule has 0 N–H and O–H groups in total. The van der Waals surface area contributed by atoms with Crippen LogP contribution in [0.2, 0.25) is 0 Å². The summed E-state index contributed by atoms with van der Waals surface area (Å²) in [6.45, 7) is 1.29. The second-order valence-corrected chi connectivity index (χ2v) is 7.54. The van der Waals surface area contributed by atoms with Crippen LogP contribution >= 0.6 is 0 Å². The fourth-order valence-corrected chi connectivity index (χ4v) is 3.75. The monoisotopic (exact) mass is 432 g/mol. The summed E-state index contributed by atoms with van der Waals surface area (Å²) in [4.78, 5) is 8.21. The number of hydrogen-bond donors (Lipinski definition) is 0. The Bertz CT molecular complexity index is 1110. The molecule has 32 heavy (non-hydrogen) atoms. The summed E-state index contributed by atoms with van der Waals surface area (Å²) >= 11 is 0. The van der Waals surface area contributed by atoms with E-state index in [0.29, 0.717) is 19.8 Å². The van der Waals surface area contributed by atoms with Gasteiger partial charge < -0.3 is 28.1 Å². The highest BCUT2D eigenvalue weighted by Crippen LogP contribution is 2.37. The first-order valence-corrected chi connectivity index (χ1v) is 10.4. The van der Waals surface area contributed by atoms with E-state index in [-0.39, 0.29) is 6.10 Å². The molecule has 2 aromatic heterocycles. The van der Waals surface area contributed by atoms with Crippen molar-refractivity contribution in [1.82, 2.24) is 19.1 Å². The summed E-state index contributed by atoms with van der Waals surface area (Å²) in [5.41, 5.74) is 1.94. The lowest BCUT2D eigenvalue weighted by atomic mass is 10.1. The predicted octanol–water partition coefficient (Wildman–Crippen LogP) is 3.42. The minimum Gasteiger partial charge on any atom is -0.497 e. The minimum absolute atomic E-state index is 0.214. The Hall–Kier alpha value is -3.62. The van der Waals surface area contributed by atoms with Crippen molar-refractivity contribution in [3.63, 3.8) is 0 Å². The van der Waals surface area contributed by atoms with Crippen LogP contribution in [0.25, 0.3) is 5.69 Å². The van der Waals surface area contributed by atoms with E-state index in [1.807, 2.05) is 70.1 Å². The summed E-state index contributed by atoms with van der Waals surface area (Å²) in [5, 5.41) is 0. The number of methoxy groups -OCH3 is 1. The molecule has 2 aromatic carbocycles. The van der Waals surface area contributed by atoms with Gasteiger partial charge in [0.15, 0.2) is 0 Å². The molecule has 0 bridgehead atoms. The second-order valence-electron chi connectivity index (χ2n) is 7.54. The molecule has 2 unspecified atom stereocenters.